The lowest BCUT2D eigenvalue weighted by molar-refractivity contribution is -0.145. The van der Waals surface area contributed by atoms with E-state index in [1.165, 1.54) is 38.5 Å². The van der Waals surface area contributed by atoms with Crippen molar-refractivity contribution in [3.63, 3.8) is 0 Å². The number of hydrogen-bond acceptors (Lipinski definition) is 13. The van der Waals surface area contributed by atoms with E-state index in [-0.39, 0.29) is 12.6 Å². The predicted molar refractivity (Wildman–Crippen MR) is 197 cm³/mol. The maximum Gasteiger partial charge on any atom is 0.305 e. The van der Waals surface area contributed by atoms with Gasteiger partial charge in [-0.25, -0.2) is 0 Å². The topological polar surface area (TPSA) is 128 Å². The third kappa shape index (κ3) is 47.3. The van der Waals surface area contributed by atoms with Crippen molar-refractivity contribution in [1.29, 1.82) is 0 Å². The van der Waals surface area contributed by atoms with Gasteiger partial charge in [-0.3, -0.25) is 4.79 Å². The molecule has 0 aromatic carbocycles. The average Bonchev–Trinajstić information content (AvgIpc) is 3.14. The maximum atomic E-state index is 11.7. The van der Waals surface area contributed by atoms with Crippen LogP contribution in [0.15, 0.2) is 0 Å². The number of esters is 1. The van der Waals surface area contributed by atoms with Crippen LogP contribution in [0.3, 0.4) is 0 Å². The summed E-state index contributed by atoms with van der Waals surface area (Å²) in [6, 6.07) is 0. The minimum Gasteiger partial charge on any atom is -0.463 e. The van der Waals surface area contributed by atoms with Gasteiger partial charge in [0.05, 0.1) is 139 Å². The second-order valence-corrected chi connectivity index (χ2v) is 12.0. The van der Waals surface area contributed by atoms with E-state index in [1.807, 2.05) is 0 Å². The summed E-state index contributed by atoms with van der Waals surface area (Å²) in [6.07, 6.45) is 11.9. The molecular weight excluding hydrogens is 688 g/mol. The molecular formula is C37H73ClO13. The van der Waals surface area contributed by atoms with Crippen molar-refractivity contribution >= 4 is 17.6 Å². The second-order valence-electron chi connectivity index (χ2n) is 11.6. The number of rotatable bonds is 46. The van der Waals surface area contributed by atoms with Crippen LogP contribution in [0.1, 0.15) is 77.6 Å². The molecule has 0 heterocycles. The quantitative estimate of drug-likeness (QED) is 0.0455. The van der Waals surface area contributed by atoms with Crippen LogP contribution in [0.5, 0.6) is 0 Å². The largest absolute Gasteiger partial charge is 0.463 e. The molecule has 306 valence electrons. The Labute approximate surface area is 314 Å². The molecule has 0 bridgehead atoms. The number of alkyl halides is 1. The molecule has 0 aliphatic carbocycles. The number of unbranched alkanes of at least 4 members (excludes halogenated alkanes) is 8. The second kappa shape index (κ2) is 47.3. The third-order valence-corrected chi connectivity index (χ3v) is 7.38. The molecule has 0 N–H and O–H groups in total. The monoisotopic (exact) mass is 760 g/mol. The van der Waals surface area contributed by atoms with E-state index in [4.69, 9.17) is 68.4 Å². The summed E-state index contributed by atoms with van der Waals surface area (Å²) in [5, 5.41) is 0. The highest BCUT2D eigenvalue weighted by Crippen LogP contribution is 2.07. The Balaban J connectivity index is 3.09. The highest BCUT2D eigenvalue weighted by atomic mass is 35.5. The molecule has 0 rings (SSSR count). The molecule has 0 aliphatic heterocycles. The molecule has 0 atom stereocenters. The Morgan fingerprint density at radius 3 is 0.961 bits per heavy atom. The zero-order valence-corrected chi connectivity index (χ0v) is 32.7. The van der Waals surface area contributed by atoms with E-state index in [0.717, 1.165) is 38.2 Å². The predicted octanol–water partition coefficient (Wildman–Crippen LogP) is 5.26. The van der Waals surface area contributed by atoms with E-state index in [1.54, 1.807) is 0 Å². The normalized spacial score (nSPS) is 11.5. The molecule has 0 spiro atoms. The van der Waals surface area contributed by atoms with Crippen LogP contribution >= 0.6 is 11.6 Å². The van der Waals surface area contributed by atoms with Crippen LogP contribution in [-0.4, -0.2) is 164 Å². The van der Waals surface area contributed by atoms with Crippen LogP contribution in [0, 0.1) is 0 Å². The van der Waals surface area contributed by atoms with Gasteiger partial charge in [0.15, 0.2) is 0 Å². The molecule has 0 unspecified atom stereocenters. The number of ether oxygens (including phenoxy) is 12. The molecule has 0 saturated heterocycles. The lowest BCUT2D eigenvalue weighted by Gasteiger charge is -2.09. The van der Waals surface area contributed by atoms with Crippen molar-refractivity contribution in [2.24, 2.45) is 0 Å². The fraction of sp³-hybridized carbons (Fsp3) is 0.973. The Morgan fingerprint density at radius 1 is 0.333 bits per heavy atom. The third-order valence-electron chi connectivity index (χ3n) is 7.12. The van der Waals surface area contributed by atoms with Gasteiger partial charge in [-0.05, 0) is 19.3 Å². The molecule has 0 aromatic rings. The van der Waals surface area contributed by atoms with Gasteiger partial charge in [-0.2, -0.15) is 0 Å². The minimum atomic E-state index is -0.143. The smallest absolute Gasteiger partial charge is 0.305 e. The average molecular weight is 761 g/mol. The van der Waals surface area contributed by atoms with Crippen molar-refractivity contribution in [3.8, 4) is 0 Å². The number of hydrogen-bond donors (Lipinski definition) is 0. The summed E-state index contributed by atoms with van der Waals surface area (Å²) in [5.74, 6) is 0.598. The SMILES string of the molecule is CCCCCCCCC(=O)OCCOCCOCCOCCOCCOCCOCCOCCOCCOCCOCCOCCCCCCCl. The van der Waals surface area contributed by atoms with Gasteiger partial charge in [-0.1, -0.05) is 51.9 Å². The van der Waals surface area contributed by atoms with Gasteiger partial charge in [0.1, 0.15) is 6.61 Å². The van der Waals surface area contributed by atoms with E-state index in [9.17, 15) is 4.79 Å². The molecule has 0 saturated carbocycles. The van der Waals surface area contributed by atoms with Gasteiger partial charge < -0.3 is 56.8 Å². The first-order valence-electron chi connectivity index (χ1n) is 19.4. The fourth-order valence-corrected chi connectivity index (χ4v) is 4.48. The van der Waals surface area contributed by atoms with Crippen LogP contribution < -0.4 is 0 Å². The van der Waals surface area contributed by atoms with Crippen molar-refractivity contribution in [2.45, 2.75) is 77.6 Å². The highest BCUT2D eigenvalue weighted by Gasteiger charge is 2.03. The molecule has 51 heavy (non-hydrogen) atoms. The molecule has 0 aliphatic rings. The zero-order valence-electron chi connectivity index (χ0n) is 31.9. The molecule has 14 heteroatoms. The summed E-state index contributed by atoms with van der Waals surface area (Å²) in [7, 11) is 0. The van der Waals surface area contributed by atoms with Gasteiger partial charge in [0.25, 0.3) is 0 Å². The van der Waals surface area contributed by atoms with E-state index < -0.39 is 0 Å². The first-order valence-corrected chi connectivity index (χ1v) is 19.9. The van der Waals surface area contributed by atoms with Crippen molar-refractivity contribution in [3.05, 3.63) is 0 Å². The molecule has 0 fully saturated rings. The molecule has 0 aromatic heterocycles. The number of carbonyl (C=O) groups excluding carboxylic acids is 1. The number of carbonyl (C=O) groups is 1. The Morgan fingerprint density at radius 2 is 0.608 bits per heavy atom. The van der Waals surface area contributed by atoms with E-state index in [2.05, 4.69) is 6.92 Å². The number of halogens is 1. The van der Waals surface area contributed by atoms with Crippen LogP contribution in [0.25, 0.3) is 0 Å². The van der Waals surface area contributed by atoms with Crippen LogP contribution in [0.2, 0.25) is 0 Å². The summed E-state index contributed by atoms with van der Waals surface area (Å²) in [6.45, 7) is 13.9. The summed E-state index contributed by atoms with van der Waals surface area (Å²) >= 11 is 5.66. The Bertz CT molecular complexity index is 652. The molecule has 0 radical (unpaired) electrons. The van der Waals surface area contributed by atoms with Gasteiger partial charge in [0, 0.05) is 18.9 Å². The van der Waals surface area contributed by atoms with Crippen molar-refractivity contribution in [1.82, 2.24) is 0 Å². The Hall–Kier alpha value is -0.680. The van der Waals surface area contributed by atoms with Crippen molar-refractivity contribution in [2.75, 3.05) is 158 Å². The summed E-state index contributed by atoms with van der Waals surface area (Å²) in [5.41, 5.74) is 0. The standard InChI is InChI=1S/C37H73ClO13/c1-2-3-4-5-6-9-12-37(39)51-36-35-50-34-33-49-32-31-48-30-29-47-28-27-46-26-25-45-24-23-44-22-21-43-20-19-42-18-17-41-16-15-40-14-11-8-7-10-13-38/h2-36H2,1H3. The lowest BCUT2D eigenvalue weighted by Crippen LogP contribution is -2.15. The molecule has 13 nitrogen and oxygen atoms in total. The maximum absolute atomic E-state index is 11.7. The van der Waals surface area contributed by atoms with Crippen molar-refractivity contribution < 1.29 is 61.6 Å². The van der Waals surface area contributed by atoms with E-state index >= 15 is 0 Å². The van der Waals surface area contributed by atoms with Gasteiger partial charge >= 0.3 is 5.97 Å². The lowest BCUT2D eigenvalue weighted by atomic mass is 10.1. The summed E-state index contributed by atoms with van der Waals surface area (Å²) in [4.78, 5) is 11.7. The van der Waals surface area contributed by atoms with Crippen LogP contribution in [0.4, 0.5) is 0 Å². The van der Waals surface area contributed by atoms with Gasteiger partial charge in [-0.15, -0.1) is 11.6 Å². The highest BCUT2D eigenvalue weighted by molar-refractivity contribution is 6.17. The first kappa shape index (κ1) is 50.3. The van der Waals surface area contributed by atoms with E-state index in [0.29, 0.717) is 145 Å². The fourth-order valence-electron chi connectivity index (χ4n) is 4.29. The van der Waals surface area contributed by atoms with Crippen LogP contribution in [-0.2, 0) is 61.6 Å². The zero-order chi connectivity index (χ0) is 36.8. The first-order chi connectivity index (χ1) is 25.3. The van der Waals surface area contributed by atoms with Gasteiger partial charge in [0.2, 0.25) is 0 Å². The minimum absolute atomic E-state index is 0.143. The molecule has 0 amide bonds. The Kier molecular flexibility index (Phi) is 46.7. The summed E-state index contributed by atoms with van der Waals surface area (Å²) < 4.78 is 65.5.